The molecule has 0 atom stereocenters. The number of benzene rings is 2. The van der Waals surface area contributed by atoms with Crippen LogP contribution in [0, 0.1) is 6.92 Å². The monoisotopic (exact) mass is 468 g/mol. The first kappa shape index (κ1) is 22.8. The predicted octanol–water partition coefficient (Wildman–Crippen LogP) is 5.91. The van der Waals surface area contributed by atoms with Crippen molar-refractivity contribution in [2.24, 2.45) is 0 Å². The van der Waals surface area contributed by atoms with Gasteiger partial charge in [0, 0.05) is 23.7 Å². The van der Waals surface area contributed by atoms with Gasteiger partial charge in [0.25, 0.3) is 0 Å². The maximum Gasteiger partial charge on any atom is 0.316 e. The lowest BCUT2D eigenvalue weighted by Crippen LogP contribution is -2.23. The summed E-state index contributed by atoms with van der Waals surface area (Å²) in [4.78, 5) is 16.6. The molecule has 0 radical (unpaired) electrons. The molecule has 1 fully saturated rings. The summed E-state index contributed by atoms with van der Waals surface area (Å²) in [6, 6.07) is 18.5. The first-order chi connectivity index (χ1) is 17.0. The Morgan fingerprint density at radius 3 is 2.29 bits per heavy atom. The average molecular weight is 469 g/mol. The summed E-state index contributed by atoms with van der Waals surface area (Å²) in [5, 5.41) is 4.21. The van der Waals surface area contributed by atoms with Crippen LogP contribution in [0.2, 0.25) is 0 Å². The van der Waals surface area contributed by atoms with Crippen molar-refractivity contribution in [3.05, 3.63) is 89.4 Å². The molecule has 6 nitrogen and oxygen atoms in total. The van der Waals surface area contributed by atoms with Gasteiger partial charge in [-0.1, -0.05) is 53.7 Å². The normalized spacial score (nSPS) is 13.9. The van der Waals surface area contributed by atoms with Gasteiger partial charge in [0.2, 0.25) is 0 Å². The summed E-state index contributed by atoms with van der Waals surface area (Å²) in [7, 11) is 1.64. The lowest BCUT2D eigenvalue weighted by Gasteiger charge is -2.14. The lowest BCUT2D eigenvalue weighted by atomic mass is 9.93. The highest BCUT2D eigenvalue weighted by molar-refractivity contribution is 5.87. The van der Waals surface area contributed by atoms with Crippen LogP contribution in [0.4, 0.5) is 0 Å². The van der Waals surface area contributed by atoms with E-state index in [4.69, 9.17) is 14.0 Å². The maximum atomic E-state index is 12.4. The standard InChI is InChI=1S/C29H28N2O4/c1-4-34-28(32)29(13-14-29)24-11-9-22(10-12-24)21-5-7-23(8-6-21)27-26(19(2)31-35-27)16-20-15-25(33-3)18-30-17-20/h5-12,15,17-18H,4,13-14,16H2,1-3H3. The van der Waals surface area contributed by atoms with E-state index >= 15 is 0 Å². The zero-order valence-corrected chi connectivity index (χ0v) is 20.2. The van der Waals surface area contributed by atoms with E-state index in [0.29, 0.717) is 13.0 Å². The maximum absolute atomic E-state index is 12.4. The molecule has 1 aliphatic rings. The van der Waals surface area contributed by atoms with Crippen molar-refractivity contribution >= 4 is 5.97 Å². The van der Waals surface area contributed by atoms with E-state index in [2.05, 4.69) is 46.5 Å². The van der Waals surface area contributed by atoms with Crippen LogP contribution in [-0.4, -0.2) is 29.8 Å². The molecule has 0 spiro atoms. The molecular weight excluding hydrogens is 440 g/mol. The minimum Gasteiger partial charge on any atom is -0.495 e. The Hall–Kier alpha value is -3.93. The Morgan fingerprint density at radius 2 is 1.66 bits per heavy atom. The first-order valence-corrected chi connectivity index (χ1v) is 11.9. The first-order valence-electron chi connectivity index (χ1n) is 11.9. The highest BCUT2D eigenvalue weighted by atomic mass is 16.5. The van der Waals surface area contributed by atoms with E-state index in [1.165, 1.54) is 0 Å². The van der Waals surface area contributed by atoms with Gasteiger partial charge in [-0.3, -0.25) is 9.78 Å². The van der Waals surface area contributed by atoms with Gasteiger partial charge in [-0.15, -0.1) is 0 Å². The Kier molecular flexibility index (Phi) is 6.12. The summed E-state index contributed by atoms with van der Waals surface area (Å²) in [5.74, 6) is 1.38. The minimum atomic E-state index is -0.447. The summed E-state index contributed by atoms with van der Waals surface area (Å²) in [6.45, 7) is 4.21. The Balaban J connectivity index is 1.36. The van der Waals surface area contributed by atoms with Crippen molar-refractivity contribution in [2.45, 2.75) is 38.5 Å². The average Bonchev–Trinajstić information content (AvgIpc) is 3.64. The molecule has 0 unspecified atom stereocenters. The van der Waals surface area contributed by atoms with Crippen LogP contribution in [0.25, 0.3) is 22.5 Å². The number of nitrogens with zero attached hydrogens (tertiary/aromatic N) is 2. The topological polar surface area (TPSA) is 74.5 Å². The van der Waals surface area contributed by atoms with E-state index in [9.17, 15) is 4.79 Å². The fraction of sp³-hybridized carbons (Fsp3) is 0.276. The third-order valence-electron chi connectivity index (χ3n) is 6.71. The number of ether oxygens (including phenoxy) is 2. The summed E-state index contributed by atoms with van der Waals surface area (Å²) < 4.78 is 16.3. The molecule has 2 aromatic heterocycles. The van der Waals surface area contributed by atoms with E-state index in [1.807, 2.05) is 38.2 Å². The van der Waals surface area contributed by atoms with E-state index in [1.54, 1.807) is 13.3 Å². The van der Waals surface area contributed by atoms with Crippen LogP contribution in [0.15, 0.2) is 71.5 Å². The molecule has 4 aromatic rings. The van der Waals surface area contributed by atoms with Crippen LogP contribution in [0.1, 0.15) is 42.1 Å². The molecule has 2 aromatic carbocycles. The van der Waals surface area contributed by atoms with Crippen LogP contribution < -0.4 is 4.74 Å². The second kappa shape index (κ2) is 9.37. The quantitative estimate of drug-likeness (QED) is 0.300. The molecular formula is C29H28N2O4. The van der Waals surface area contributed by atoms with Crippen LogP contribution in [0.3, 0.4) is 0 Å². The minimum absolute atomic E-state index is 0.111. The predicted molar refractivity (Wildman–Crippen MR) is 133 cm³/mol. The van der Waals surface area contributed by atoms with Gasteiger partial charge in [0.1, 0.15) is 5.75 Å². The van der Waals surface area contributed by atoms with E-state index in [0.717, 1.165) is 63.4 Å². The number of aromatic nitrogens is 2. The molecule has 0 N–H and O–H groups in total. The van der Waals surface area contributed by atoms with E-state index < -0.39 is 5.41 Å². The number of pyridine rings is 1. The Morgan fingerprint density at radius 1 is 1.00 bits per heavy atom. The second-order valence-electron chi connectivity index (χ2n) is 8.94. The number of rotatable bonds is 8. The SMILES string of the molecule is CCOC(=O)C1(c2ccc(-c3ccc(-c4onc(C)c4Cc4cncc(OC)c4)cc3)cc2)CC1. The molecule has 0 saturated heterocycles. The molecule has 35 heavy (non-hydrogen) atoms. The number of esters is 1. The fourth-order valence-electron chi connectivity index (χ4n) is 4.50. The molecule has 1 saturated carbocycles. The largest absolute Gasteiger partial charge is 0.495 e. The van der Waals surface area contributed by atoms with Gasteiger partial charge in [0.05, 0.1) is 31.0 Å². The van der Waals surface area contributed by atoms with Gasteiger partial charge < -0.3 is 14.0 Å². The van der Waals surface area contributed by atoms with Gasteiger partial charge in [-0.05, 0) is 55.0 Å². The van der Waals surface area contributed by atoms with Crippen LogP contribution >= 0.6 is 0 Å². The van der Waals surface area contributed by atoms with Crippen molar-refractivity contribution in [2.75, 3.05) is 13.7 Å². The number of hydrogen-bond acceptors (Lipinski definition) is 6. The van der Waals surface area contributed by atoms with Crippen molar-refractivity contribution in [3.63, 3.8) is 0 Å². The summed E-state index contributed by atoms with van der Waals surface area (Å²) >= 11 is 0. The van der Waals surface area contributed by atoms with Crippen LogP contribution in [-0.2, 0) is 21.4 Å². The summed E-state index contributed by atoms with van der Waals surface area (Å²) in [5.41, 5.74) is 6.67. The molecule has 0 amide bonds. The van der Waals surface area contributed by atoms with Crippen molar-refractivity contribution in [1.82, 2.24) is 10.1 Å². The molecule has 6 heteroatoms. The third kappa shape index (κ3) is 4.44. The smallest absolute Gasteiger partial charge is 0.316 e. The molecule has 178 valence electrons. The number of methoxy groups -OCH3 is 1. The molecule has 1 aliphatic carbocycles. The molecule has 0 aliphatic heterocycles. The number of aryl methyl sites for hydroxylation is 1. The zero-order valence-electron chi connectivity index (χ0n) is 20.2. The van der Waals surface area contributed by atoms with Gasteiger partial charge in [-0.2, -0.15) is 0 Å². The van der Waals surface area contributed by atoms with Crippen molar-refractivity contribution in [3.8, 4) is 28.2 Å². The van der Waals surface area contributed by atoms with E-state index in [-0.39, 0.29) is 5.97 Å². The molecule has 2 heterocycles. The Labute approximate surface area is 204 Å². The fourth-order valence-corrected chi connectivity index (χ4v) is 4.50. The van der Waals surface area contributed by atoms with Gasteiger partial charge in [-0.25, -0.2) is 0 Å². The summed E-state index contributed by atoms with van der Waals surface area (Å²) in [6.07, 6.45) is 5.88. The number of carbonyl (C=O) groups excluding carboxylic acids is 1. The second-order valence-corrected chi connectivity index (χ2v) is 8.94. The highest BCUT2D eigenvalue weighted by Gasteiger charge is 2.52. The number of hydrogen-bond donors (Lipinski definition) is 0. The molecule has 5 rings (SSSR count). The number of carbonyl (C=O) groups is 1. The zero-order chi connectivity index (χ0) is 24.4. The van der Waals surface area contributed by atoms with Crippen molar-refractivity contribution < 1.29 is 18.8 Å². The molecule has 0 bridgehead atoms. The van der Waals surface area contributed by atoms with Gasteiger partial charge in [0.15, 0.2) is 5.76 Å². The van der Waals surface area contributed by atoms with Gasteiger partial charge >= 0.3 is 5.97 Å². The van der Waals surface area contributed by atoms with Crippen molar-refractivity contribution in [1.29, 1.82) is 0 Å². The Bertz CT molecular complexity index is 1340. The van der Waals surface area contributed by atoms with Crippen LogP contribution in [0.5, 0.6) is 5.75 Å². The lowest BCUT2D eigenvalue weighted by molar-refractivity contribution is -0.146. The highest BCUT2D eigenvalue weighted by Crippen LogP contribution is 2.49. The third-order valence-corrected chi connectivity index (χ3v) is 6.71.